The van der Waals surface area contributed by atoms with Crippen LogP contribution in [0.2, 0.25) is 5.02 Å². The number of halogens is 1. The summed E-state index contributed by atoms with van der Waals surface area (Å²) >= 11 is 6.02. The summed E-state index contributed by atoms with van der Waals surface area (Å²) in [6.07, 6.45) is 6.79. The van der Waals surface area contributed by atoms with Gasteiger partial charge in [0.05, 0.1) is 18.4 Å². The molecule has 0 unspecified atom stereocenters. The normalized spacial score (nSPS) is 14.4. The molecule has 2 heterocycles. The summed E-state index contributed by atoms with van der Waals surface area (Å²) in [4.78, 5) is 38.9. The van der Waals surface area contributed by atoms with Gasteiger partial charge in [0, 0.05) is 55.8 Å². The number of ether oxygens (including phenoxy) is 1. The highest BCUT2D eigenvalue weighted by Gasteiger charge is 2.17. The van der Waals surface area contributed by atoms with E-state index in [4.69, 9.17) is 16.3 Å². The molecule has 0 radical (unpaired) electrons. The Bertz CT molecular complexity index is 1250. The zero-order valence-electron chi connectivity index (χ0n) is 19.6. The quantitative estimate of drug-likeness (QED) is 0.327. The fourth-order valence-corrected chi connectivity index (χ4v) is 4.33. The van der Waals surface area contributed by atoms with Crippen LogP contribution in [0.25, 0.3) is 6.08 Å². The Balaban J connectivity index is 1.42. The van der Waals surface area contributed by atoms with E-state index >= 15 is 0 Å². The van der Waals surface area contributed by atoms with Crippen molar-refractivity contribution in [2.24, 2.45) is 0 Å². The Labute approximate surface area is 209 Å². The molecule has 0 amide bonds. The van der Waals surface area contributed by atoms with Crippen molar-refractivity contribution in [1.82, 2.24) is 9.47 Å². The molecule has 7 heteroatoms. The molecule has 0 atom stereocenters. The smallest absolute Gasteiger partial charge is 0.338 e. The number of carbonyl (C=O) groups excluding carboxylic acids is 3. The van der Waals surface area contributed by atoms with Gasteiger partial charge < -0.3 is 9.30 Å². The van der Waals surface area contributed by atoms with Gasteiger partial charge in [0.1, 0.15) is 5.78 Å². The number of rotatable bonds is 8. The van der Waals surface area contributed by atoms with Crippen LogP contribution in [-0.2, 0) is 22.6 Å². The molecule has 180 valence electrons. The number of aromatic nitrogens is 1. The monoisotopic (exact) mass is 490 g/mol. The third-order valence-corrected chi connectivity index (χ3v) is 6.35. The van der Waals surface area contributed by atoms with Gasteiger partial charge in [0.25, 0.3) is 0 Å². The molecular weight excluding hydrogens is 464 g/mol. The number of piperidine rings is 1. The lowest BCUT2D eigenvalue weighted by atomic mass is 10.0. The molecule has 1 aliphatic rings. The molecule has 0 aliphatic carbocycles. The van der Waals surface area contributed by atoms with Crippen molar-refractivity contribution in [3.63, 3.8) is 0 Å². The fourth-order valence-electron chi connectivity index (χ4n) is 4.16. The third-order valence-electron chi connectivity index (χ3n) is 6.12. The molecule has 0 spiro atoms. The van der Waals surface area contributed by atoms with Gasteiger partial charge in [-0.05, 0) is 35.4 Å². The first kappa shape index (κ1) is 24.6. The summed E-state index contributed by atoms with van der Waals surface area (Å²) in [5.74, 6) is -0.182. The summed E-state index contributed by atoms with van der Waals surface area (Å²) < 4.78 is 6.71. The number of methoxy groups -OCH3 is 1. The number of nitrogens with zero attached hydrogens (tertiary/aromatic N) is 2. The summed E-state index contributed by atoms with van der Waals surface area (Å²) in [6, 6.07) is 16.4. The number of esters is 1. The van der Waals surface area contributed by atoms with Crippen LogP contribution < -0.4 is 0 Å². The lowest BCUT2D eigenvalue weighted by Gasteiger charge is -2.25. The van der Waals surface area contributed by atoms with Crippen LogP contribution in [0.5, 0.6) is 0 Å². The van der Waals surface area contributed by atoms with Crippen LogP contribution in [0, 0.1) is 0 Å². The van der Waals surface area contributed by atoms with Gasteiger partial charge in [-0.3, -0.25) is 14.5 Å². The lowest BCUT2D eigenvalue weighted by Crippen LogP contribution is -2.33. The second kappa shape index (κ2) is 11.3. The van der Waals surface area contributed by atoms with Gasteiger partial charge in [-0.25, -0.2) is 4.79 Å². The van der Waals surface area contributed by atoms with Crippen molar-refractivity contribution < 1.29 is 19.1 Å². The van der Waals surface area contributed by atoms with Gasteiger partial charge in [0.15, 0.2) is 0 Å². The SMILES string of the molecule is COC(=O)c1cc(Cl)ccc1C=CCn1cccc1C(=O)c1ccc(CN2CCC(=O)CC2)cc1. The van der Waals surface area contributed by atoms with Crippen LogP contribution in [0.1, 0.15) is 50.4 Å². The van der Waals surface area contributed by atoms with Crippen LogP contribution in [-0.4, -0.2) is 47.2 Å². The zero-order chi connectivity index (χ0) is 24.8. The van der Waals surface area contributed by atoms with Gasteiger partial charge >= 0.3 is 5.97 Å². The van der Waals surface area contributed by atoms with E-state index in [9.17, 15) is 14.4 Å². The van der Waals surface area contributed by atoms with Gasteiger partial charge in [-0.15, -0.1) is 0 Å². The molecule has 1 saturated heterocycles. The van der Waals surface area contributed by atoms with E-state index in [0.717, 1.165) is 25.2 Å². The molecule has 1 fully saturated rings. The zero-order valence-corrected chi connectivity index (χ0v) is 20.3. The maximum atomic E-state index is 13.1. The molecule has 6 nitrogen and oxygen atoms in total. The number of hydrogen-bond acceptors (Lipinski definition) is 5. The molecular formula is C28H27ClN2O4. The summed E-state index contributed by atoms with van der Waals surface area (Å²) in [7, 11) is 1.33. The van der Waals surface area contributed by atoms with E-state index in [2.05, 4.69) is 4.90 Å². The predicted molar refractivity (Wildman–Crippen MR) is 136 cm³/mol. The average Bonchev–Trinajstić information content (AvgIpc) is 3.34. The largest absolute Gasteiger partial charge is 0.465 e. The van der Waals surface area contributed by atoms with Crippen molar-refractivity contribution in [2.45, 2.75) is 25.9 Å². The predicted octanol–water partition coefficient (Wildman–Crippen LogP) is 5.04. The minimum absolute atomic E-state index is 0.0553. The second-order valence-corrected chi connectivity index (χ2v) is 8.95. The fraction of sp³-hybridized carbons (Fsp3) is 0.250. The number of benzene rings is 2. The highest BCUT2D eigenvalue weighted by molar-refractivity contribution is 6.31. The van der Waals surface area contributed by atoms with Crippen molar-refractivity contribution in [1.29, 1.82) is 0 Å². The molecule has 35 heavy (non-hydrogen) atoms. The van der Waals surface area contributed by atoms with Gasteiger partial charge in [0.2, 0.25) is 5.78 Å². The van der Waals surface area contributed by atoms with Crippen LogP contribution >= 0.6 is 11.6 Å². The van der Waals surface area contributed by atoms with E-state index in [1.165, 1.54) is 7.11 Å². The first-order chi connectivity index (χ1) is 16.9. The Morgan fingerprint density at radius 3 is 2.51 bits per heavy atom. The minimum Gasteiger partial charge on any atom is -0.465 e. The molecule has 0 saturated carbocycles. The Morgan fingerprint density at radius 2 is 1.80 bits per heavy atom. The van der Waals surface area contributed by atoms with Gasteiger partial charge in [-0.1, -0.05) is 54.1 Å². The molecule has 3 aromatic rings. The van der Waals surface area contributed by atoms with E-state index in [1.807, 2.05) is 53.2 Å². The van der Waals surface area contributed by atoms with E-state index < -0.39 is 5.97 Å². The highest BCUT2D eigenvalue weighted by Crippen LogP contribution is 2.19. The topological polar surface area (TPSA) is 68.6 Å². The van der Waals surface area contributed by atoms with E-state index in [0.29, 0.717) is 52.6 Å². The molecule has 0 bridgehead atoms. The van der Waals surface area contributed by atoms with Crippen LogP contribution in [0.3, 0.4) is 0 Å². The van der Waals surface area contributed by atoms with Crippen LogP contribution in [0.4, 0.5) is 0 Å². The second-order valence-electron chi connectivity index (χ2n) is 8.51. The number of allylic oxidation sites excluding steroid dienone is 1. The average molecular weight is 491 g/mol. The van der Waals surface area contributed by atoms with Crippen molar-refractivity contribution >= 4 is 35.2 Å². The molecule has 2 aromatic carbocycles. The maximum absolute atomic E-state index is 13.1. The van der Waals surface area contributed by atoms with E-state index in [1.54, 1.807) is 24.3 Å². The standard InChI is InChI=1S/C28H27ClN2O4/c1-35-28(34)25-18-23(29)11-10-21(25)4-2-14-31-15-3-5-26(31)27(33)22-8-6-20(7-9-22)19-30-16-12-24(32)13-17-30/h2-11,15,18H,12-14,16-17,19H2,1H3. The van der Waals surface area contributed by atoms with Gasteiger partial charge in [-0.2, -0.15) is 0 Å². The first-order valence-corrected chi connectivity index (χ1v) is 11.9. The highest BCUT2D eigenvalue weighted by atomic mass is 35.5. The minimum atomic E-state index is -0.457. The third kappa shape index (κ3) is 6.15. The Kier molecular flexibility index (Phi) is 7.95. The van der Waals surface area contributed by atoms with Crippen molar-refractivity contribution in [3.8, 4) is 0 Å². The first-order valence-electron chi connectivity index (χ1n) is 11.5. The number of Topliss-reactive ketones (excluding diaryl/α,β-unsaturated/α-hetero) is 1. The van der Waals surface area contributed by atoms with E-state index in [-0.39, 0.29) is 5.78 Å². The molecule has 0 N–H and O–H groups in total. The maximum Gasteiger partial charge on any atom is 0.338 e. The molecule has 1 aromatic heterocycles. The number of ketones is 2. The summed E-state index contributed by atoms with van der Waals surface area (Å²) in [5.41, 5.74) is 3.41. The molecule has 1 aliphatic heterocycles. The molecule has 4 rings (SSSR count). The lowest BCUT2D eigenvalue weighted by molar-refractivity contribution is -0.121. The number of hydrogen-bond donors (Lipinski definition) is 0. The van der Waals surface area contributed by atoms with Crippen molar-refractivity contribution in [3.05, 3.63) is 99.8 Å². The summed E-state index contributed by atoms with van der Waals surface area (Å²) in [6.45, 7) is 2.82. The number of likely N-dealkylation sites (tertiary alicyclic amines) is 1. The summed E-state index contributed by atoms with van der Waals surface area (Å²) in [5, 5.41) is 0.456. The van der Waals surface area contributed by atoms with Crippen molar-refractivity contribution in [2.75, 3.05) is 20.2 Å². The Hall–Kier alpha value is -3.48. The van der Waals surface area contributed by atoms with Crippen LogP contribution in [0.15, 0.2) is 66.9 Å². The Morgan fingerprint density at radius 1 is 1.06 bits per heavy atom. The number of carbonyl (C=O) groups is 3.